The van der Waals surface area contributed by atoms with Crippen LogP contribution in [0.1, 0.15) is 167 Å². The van der Waals surface area contributed by atoms with Crippen molar-refractivity contribution in [2.75, 3.05) is 0 Å². The van der Waals surface area contributed by atoms with Gasteiger partial charge in [-0.3, -0.25) is 0 Å². The molecule has 210 valence electrons. The fraction of sp³-hybridized carbons (Fsp3) is 1.00. The van der Waals surface area contributed by atoms with Gasteiger partial charge < -0.3 is 0 Å². The van der Waals surface area contributed by atoms with Crippen LogP contribution in [-0.4, -0.2) is 0 Å². The van der Waals surface area contributed by atoms with Crippen LogP contribution >= 0.6 is 0 Å². The molecule has 0 N–H and O–H groups in total. The van der Waals surface area contributed by atoms with Gasteiger partial charge in [-0.1, -0.05) is 135 Å². The highest BCUT2D eigenvalue weighted by Gasteiger charge is 2.57. The van der Waals surface area contributed by atoms with E-state index >= 15 is 0 Å². The minimum absolute atomic E-state index is 0.502. The molecule has 0 heterocycles. The van der Waals surface area contributed by atoms with E-state index in [0.29, 0.717) is 16.2 Å². The second-order valence-electron chi connectivity index (χ2n) is 15.9. The van der Waals surface area contributed by atoms with Gasteiger partial charge in [0.25, 0.3) is 0 Å². The third-order valence-corrected chi connectivity index (χ3v) is 10.7. The maximum Gasteiger partial charge on any atom is -0.0261 e. The van der Waals surface area contributed by atoms with E-state index in [9.17, 15) is 0 Å². The van der Waals surface area contributed by atoms with Gasteiger partial charge in [-0.15, -0.1) is 0 Å². The molecule has 0 bridgehead atoms. The molecule has 1 saturated carbocycles. The van der Waals surface area contributed by atoms with Crippen molar-refractivity contribution < 1.29 is 0 Å². The first-order valence-corrected chi connectivity index (χ1v) is 16.1. The smallest absolute Gasteiger partial charge is 0.0261 e. The topological polar surface area (TPSA) is 0 Å². The minimum atomic E-state index is 0.502. The van der Waals surface area contributed by atoms with Gasteiger partial charge in [0.1, 0.15) is 0 Å². The zero-order chi connectivity index (χ0) is 27.0. The lowest BCUT2D eigenvalue weighted by Gasteiger charge is -2.35. The van der Waals surface area contributed by atoms with Crippen molar-refractivity contribution in [2.24, 2.45) is 57.7 Å². The molecule has 0 aliphatic heterocycles. The lowest BCUT2D eigenvalue weighted by atomic mass is 9.71. The van der Waals surface area contributed by atoms with Crippen LogP contribution in [-0.2, 0) is 0 Å². The molecular weight excluding hydrogens is 420 g/mol. The molecule has 0 aromatic heterocycles. The minimum Gasteiger partial charge on any atom is -0.0651 e. The molecular formula is C35H70. The van der Waals surface area contributed by atoms with Crippen LogP contribution in [0.4, 0.5) is 0 Å². The van der Waals surface area contributed by atoms with E-state index in [2.05, 4.69) is 90.0 Å². The highest BCUT2D eigenvalue weighted by Crippen LogP contribution is 2.65. The van der Waals surface area contributed by atoms with Crippen LogP contribution in [0, 0.1) is 57.7 Å². The van der Waals surface area contributed by atoms with Crippen LogP contribution in [0.3, 0.4) is 0 Å². The predicted molar refractivity (Wildman–Crippen MR) is 161 cm³/mol. The van der Waals surface area contributed by atoms with Crippen molar-refractivity contribution in [2.45, 2.75) is 167 Å². The molecule has 1 fully saturated rings. The number of hydrogen-bond acceptors (Lipinski definition) is 0. The molecule has 0 amide bonds. The lowest BCUT2D eigenvalue weighted by molar-refractivity contribution is 0.150. The summed E-state index contributed by atoms with van der Waals surface area (Å²) in [7, 11) is 0. The second kappa shape index (κ2) is 14.2. The quantitative estimate of drug-likeness (QED) is 0.169. The van der Waals surface area contributed by atoms with Gasteiger partial charge >= 0.3 is 0 Å². The average Bonchev–Trinajstić information content (AvgIpc) is 3.42. The Labute approximate surface area is 224 Å². The van der Waals surface area contributed by atoms with Gasteiger partial charge in [-0.2, -0.15) is 0 Å². The zero-order valence-corrected chi connectivity index (χ0v) is 27.0. The molecule has 0 saturated heterocycles. The van der Waals surface area contributed by atoms with Crippen molar-refractivity contribution in [3.63, 3.8) is 0 Å². The van der Waals surface area contributed by atoms with Crippen molar-refractivity contribution in [3.8, 4) is 0 Å². The fourth-order valence-corrected chi connectivity index (χ4v) is 8.13. The van der Waals surface area contributed by atoms with E-state index in [1.807, 2.05) is 0 Å². The van der Waals surface area contributed by atoms with E-state index in [1.54, 1.807) is 0 Å². The molecule has 0 radical (unpaired) electrons. The van der Waals surface area contributed by atoms with Gasteiger partial charge in [0.2, 0.25) is 0 Å². The molecule has 0 aromatic carbocycles. The van der Waals surface area contributed by atoms with Crippen LogP contribution in [0.5, 0.6) is 0 Å². The molecule has 0 aromatic rings. The highest BCUT2D eigenvalue weighted by atomic mass is 14.6. The third-order valence-electron chi connectivity index (χ3n) is 10.7. The molecule has 1 rings (SSSR count). The van der Waals surface area contributed by atoms with Crippen molar-refractivity contribution in [1.82, 2.24) is 0 Å². The summed E-state index contributed by atoms with van der Waals surface area (Å²) in [5.74, 6) is 6.23. The summed E-state index contributed by atoms with van der Waals surface area (Å²) >= 11 is 0. The Morgan fingerprint density at radius 2 is 1.43 bits per heavy atom. The van der Waals surface area contributed by atoms with Crippen LogP contribution < -0.4 is 0 Å². The fourth-order valence-electron chi connectivity index (χ4n) is 8.13. The largest absolute Gasteiger partial charge is 0.0651 e. The Balaban J connectivity index is 2.59. The van der Waals surface area contributed by atoms with Crippen LogP contribution in [0.2, 0.25) is 0 Å². The first-order valence-electron chi connectivity index (χ1n) is 16.1. The van der Waals surface area contributed by atoms with Gasteiger partial charge in [-0.25, -0.2) is 0 Å². The summed E-state index contributed by atoms with van der Waals surface area (Å²) in [6, 6.07) is 0. The molecule has 0 heteroatoms. The van der Waals surface area contributed by atoms with Crippen molar-refractivity contribution in [3.05, 3.63) is 0 Å². The molecule has 1 aliphatic carbocycles. The summed E-state index contributed by atoms with van der Waals surface area (Å²) in [6.45, 7) is 32.4. The lowest BCUT2D eigenvalue weighted by Crippen LogP contribution is -2.26. The monoisotopic (exact) mass is 491 g/mol. The van der Waals surface area contributed by atoms with E-state index in [1.165, 1.54) is 77.0 Å². The third kappa shape index (κ3) is 11.1. The van der Waals surface area contributed by atoms with Gasteiger partial charge in [-0.05, 0) is 89.8 Å². The van der Waals surface area contributed by atoms with Gasteiger partial charge in [0.05, 0.1) is 0 Å². The molecule has 1 aliphatic rings. The molecule has 7 atom stereocenters. The Morgan fingerprint density at radius 1 is 0.800 bits per heavy atom. The maximum absolute atomic E-state index is 2.66. The summed E-state index contributed by atoms with van der Waals surface area (Å²) in [5, 5.41) is 0. The standard InChI is InChI=1S/C35H70/c1-14-30(24-33(9,10)16-3)20-19-27(6)22-28(7)31(15-2)35(13)25-32(35)29(8)23-34(11,12)21-17-18-26(4)5/h26-32H,14-25H2,1-13H3. The molecule has 0 spiro atoms. The number of rotatable bonds is 19. The van der Waals surface area contributed by atoms with Gasteiger partial charge in [0, 0.05) is 0 Å². The van der Waals surface area contributed by atoms with E-state index < -0.39 is 0 Å². The molecule has 35 heavy (non-hydrogen) atoms. The Bertz CT molecular complexity index is 569. The van der Waals surface area contributed by atoms with Crippen molar-refractivity contribution >= 4 is 0 Å². The van der Waals surface area contributed by atoms with E-state index in [-0.39, 0.29) is 0 Å². The summed E-state index contributed by atoms with van der Waals surface area (Å²) in [6.07, 6.45) is 16.8. The molecule has 7 unspecified atom stereocenters. The second-order valence-corrected chi connectivity index (χ2v) is 15.9. The Morgan fingerprint density at radius 3 is 1.94 bits per heavy atom. The maximum atomic E-state index is 2.66. The molecule has 0 nitrogen and oxygen atoms in total. The normalized spacial score (nSPS) is 25.4. The zero-order valence-electron chi connectivity index (χ0n) is 27.0. The van der Waals surface area contributed by atoms with E-state index in [0.717, 1.165) is 41.4 Å². The van der Waals surface area contributed by atoms with Crippen molar-refractivity contribution in [1.29, 1.82) is 0 Å². The Hall–Kier alpha value is 0. The van der Waals surface area contributed by atoms with E-state index in [4.69, 9.17) is 0 Å². The summed E-state index contributed by atoms with van der Waals surface area (Å²) in [4.78, 5) is 0. The first kappa shape index (κ1) is 33.0. The summed E-state index contributed by atoms with van der Waals surface area (Å²) in [5.41, 5.74) is 1.61. The van der Waals surface area contributed by atoms with Gasteiger partial charge in [0.15, 0.2) is 0 Å². The van der Waals surface area contributed by atoms with Crippen LogP contribution in [0.15, 0.2) is 0 Å². The first-order chi connectivity index (χ1) is 16.1. The highest BCUT2D eigenvalue weighted by molar-refractivity contribution is 5.06. The predicted octanol–water partition coefficient (Wildman–Crippen LogP) is 12.2. The SMILES string of the molecule is CCC(CCC(C)CC(C)C(CC)C1(C)CC1C(C)CC(C)(C)CCCC(C)C)CC(C)(C)CC. The Kier molecular flexibility index (Phi) is 13.4. The van der Waals surface area contributed by atoms with Crippen LogP contribution in [0.25, 0.3) is 0 Å². The summed E-state index contributed by atoms with van der Waals surface area (Å²) < 4.78 is 0. The number of hydrogen-bond donors (Lipinski definition) is 0. The average molecular weight is 491 g/mol.